The average Bonchev–Trinajstić information content (AvgIpc) is 3.48. The normalized spacial score (nSPS) is 15.9. The highest BCUT2D eigenvalue weighted by Crippen LogP contribution is 2.34. The second-order valence-electron chi connectivity index (χ2n) is 11.2. The predicted molar refractivity (Wildman–Crippen MR) is 171 cm³/mol. The Morgan fingerprint density at radius 3 is 2.16 bits per heavy atom. The lowest BCUT2D eigenvalue weighted by atomic mass is 9.88. The number of hydrogen-bond donors (Lipinski definition) is 5. The molecule has 1 aliphatic heterocycles. The molecule has 1 aliphatic rings. The summed E-state index contributed by atoms with van der Waals surface area (Å²) in [6.07, 6.45) is -2.90. The van der Waals surface area contributed by atoms with Gasteiger partial charge in [0, 0.05) is 30.7 Å². The summed E-state index contributed by atoms with van der Waals surface area (Å²) in [4.78, 5) is 36.5. The topological polar surface area (TPSA) is 168 Å². The van der Waals surface area contributed by atoms with Crippen LogP contribution < -0.4 is 4.74 Å². The van der Waals surface area contributed by atoms with E-state index in [2.05, 4.69) is 47.4 Å². The van der Waals surface area contributed by atoms with Crippen molar-refractivity contribution in [2.45, 2.75) is 37.1 Å². The fourth-order valence-corrected chi connectivity index (χ4v) is 6.30. The second kappa shape index (κ2) is 15.3. The quantitative estimate of drug-likeness (QED) is 0.174. The Hall–Kier alpha value is -4.07. The molecule has 1 fully saturated rings. The van der Waals surface area contributed by atoms with E-state index in [4.69, 9.17) is 25.2 Å². The van der Waals surface area contributed by atoms with Crippen LogP contribution in [0.25, 0.3) is 20.9 Å². The van der Waals surface area contributed by atoms with Crippen LogP contribution in [-0.4, -0.2) is 112 Å². The highest BCUT2D eigenvalue weighted by atomic mass is 32.1. The van der Waals surface area contributed by atoms with Gasteiger partial charge in [-0.3, -0.25) is 4.79 Å². The van der Waals surface area contributed by atoms with E-state index in [9.17, 15) is 19.5 Å². The van der Waals surface area contributed by atoms with E-state index in [1.165, 1.54) is 27.7 Å². The second-order valence-corrected chi connectivity index (χ2v) is 12.3. The molecule has 3 atom stereocenters. The standard InChI is InChI=1S/C29H32N2O3S.C4H6O6/c1-30(2)29(33)28-17-25-26(8-5-9-27(25)35-28)34-19-24(32)18-31-14-12-21(13-15-31)23-11-10-20-6-3-4-7-22(20)16-23;5-1(3(7)8)2(6)4(9)10/h3-11,16-17,21,24,32H,12-15,18-19H2,1-2H3;1-2,5-6H,(H,7,8)(H,9,10)/t24-;1-,2-/m01/s1. The molecule has 0 saturated carbocycles. The first kappa shape index (κ1) is 33.8. The number of likely N-dealkylation sites (tertiary alicyclic amines) is 1. The van der Waals surface area contributed by atoms with Crippen molar-refractivity contribution in [2.75, 3.05) is 40.3 Å². The molecule has 12 heteroatoms. The molecule has 0 spiro atoms. The van der Waals surface area contributed by atoms with Crippen LogP contribution in [0, 0.1) is 0 Å². The Balaban J connectivity index is 0.000000399. The summed E-state index contributed by atoms with van der Waals surface area (Å²) >= 11 is 1.47. The van der Waals surface area contributed by atoms with Crippen molar-refractivity contribution in [3.05, 3.63) is 77.2 Å². The number of carboxylic acids is 2. The Labute approximate surface area is 264 Å². The molecule has 11 nitrogen and oxygen atoms in total. The van der Waals surface area contributed by atoms with E-state index in [0.29, 0.717) is 23.1 Å². The summed E-state index contributed by atoms with van der Waals surface area (Å²) in [6.45, 7) is 2.79. The molecule has 5 rings (SSSR count). The van der Waals surface area contributed by atoms with Gasteiger partial charge in [0.05, 0.1) is 4.88 Å². The van der Waals surface area contributed by atoms with Crippen molar-refractivity contribution in [1.82, 2.24) is 9.80 Å². The lowest BCUT2D eigenvalue weighted by Gasteiger charge is -2.33. The number of amides is 1. The van der Waals surface area contributed by atoms with Gasteiger partial charge in [-0.2, -0.15) is 0 Å². The number of aliphatic hydroxyl groups is 3. The predicted octanol–water partition coefficient (Wildman–Crippen LogP) is 3.25. The van der Waals surface area contributed by atoms with Gasteiger partial charge in [-0.05, 0) is 66.4 Å². The number of rotatable bonds is 10. The Bertz CT molecular complexity index is 1610. The van der Waals surface area contributed by atoms with E-state index in [1.807, 2.05) is 24.3 Å². The van der Waals surface area contributed by atoms with Gasteiger partial charge in [-0.25, -0.2) is 9.59 Å². The highest BCUT2D eigenvalue weighted by molar-refractivity contribution is 7.20. The number of β-amino-alcohol motifs (C(OH)–C–C–N with tert-alkyl or cyclic N) is 1. The third-order valence-electron chi connectivity index (χ3n) is 7.68. The van der Waals surface area contributed by atoms with Crippen molar-refractivity contribution in [1.29, 1.82) is 0 Å². The maximum absolute atomic E-state index is 12.3. The number of benzene rings is 3. The zero-order chi connectivity index (χ0) is 32.7. The number of piperidine rings is 1. The maximum Gasteiger partial charge on any atom is 0.335 e. The van der Waals surface area contributed by atoms with E-state index in [1.54, 1.807) is 19.0 Å². The van der Waals surface area contributed by atoms with Crippen LogP contribution in [-0.2, 0) is 9.59 Å². The Morgan fingerprint density at radius 2 is 1.53 bits per heavy atom. The first-order valence-electron chi connectivity index (χ1n) is 14.5. The summed E-state index contributed by atoms with van der Waals surface area (Å²) < 4.78 is 7.02. The van der Waals surface area contributed by atoms with Gasteiger partial charge in [-0.1, -0.05) is 48.5 Å². The number of carboxylic acid groups (broad SMARTS) is 2. The number of nitrogens with zero attached hydrogens (tertiary/aromatic N) is 2. The Kier molecular flexibility index (Phi) is 11.5. The number of hydrogen-bond acceptors (Lipinski definition) is 9. The van der Waals surface area contributed by atoms with E-state index >= 15 is 0 Å². The van der Waals surface area contributed by atoms with Crippen molar-refractivity contribution >= 4 is 50.0 Å². The molecule has 240 valence electrons. The zero-order valence-corrected chi connectivity index (χ0v) is 25.9. The van der Waals surface area contributed by atoms with Crippen LogP contribution in [0.2, 0.25) is 0 Å². The third-order valence-corrected chi connectivity index (χ3v) is 8.76. The van der Waals surface area contributed by atoms with Gasteiger partial charge < -0.3 is 40.1 Å². The lowest BCUT2D eigenvalue weighted by Crippen LogP contribution is -2.40. The molecule has 3 aromatic carbocycles. The molecule has 1 aromatic heterocycles. The molecule has 4 aromatic rings. The molecule has 5 N–H and O–H groups in total. The van der Waals surface area contributed by atoms with Crippen molar-refractivity contribution in [3.8, 4) is 5.75 Å². The molecule has 1 amide bonds. The van der Waals surface area contributed by atoms with Crippen LogP contribution in [0.15, 0.2) is 66.7 Å². The van der Waals surface area contributed by atoms with Crippen LogP contribution in [0.1, 0.15) is 34.0 Å². The lowest BCUT2D eigenvalue weighted by molar-refractivity contribution is -0.165. The summed E-state index contributed by atoms with van der Waals surface area (Å²) in [7, 11) is 3.51. The van der Waals surface area contributed by atoms with Gasteiger partial charge >= 0.3 is 11.9 Å². The first-order valence-corrected chi connectivity index (χ1v) is 15.3. The van der Waals surface area contributed by atoms with Crippen molar-refractivity contribution in [2.24, 2.45) is 0 Å². The van der Waals surface area contributed by atoms with Crippen LogP contribution in [0.4, 0.5) is 0 Å². The van der Waals surface area contributed by atoms with Crippen LogP contribution in [0.5, 0.6) is 5.75 Å². The minimum absolute atomic E-state index is 0.00993. The molecule has 0 radical (unpaired) electrons. The van der Waals surface area contributed by atoms with Crippen molar-refractivity contribution < 1.29 is 44.7 Å². The van der Waals surface area contributed by atoms with Gasteiger partial charge in [0.2, 0.25) is 0 Å². The molecule has 45 heavy (non-hydrogen) atoms. The largest absolute Gasteiger partial charge is 0.490 e. The number of ether oxygens (including phenoxy) is 1. The molecule has 0 unspecified atom stereocenters. The minimum atomic E-state index is -2.27. The third kappa shape index (κ3) is 8.77. The number of thiophene rings is 1. The fourth-order valence-electron chi connectivity index (χ4n) is 5.20. The van der Waals surface area contributed by atoms with Crippen LogP contribution >= 0.6 is 11.3 Å². The van der Waals surface area contributed by atoms with Crippen molar-refractivity contribution in [3.63, 3.8) is 0 Å². The van der Waals surface area contributed by atoms with Gasteiger partial charge in [0.1, 0.15) is 18.5 Å². The minimum Gasteiger partial charge on any atom is -0.490 e. The number of aliphatic carboxylic acids is 2. The molecule has 0 bridgehead atoms. The number of fused-ring (bicyclic) bond motifs is 2. The maximum atomic E-state index is 12.3. The SMILES string of the molecule is CN(C)C(=O)c1cc2c(OC[C@@H](O)CN3CCC(c4ccc5ccccc5c4)CC3)cccc2s1.O=C(O)[C@H](O)[C@@H](O)C(=O)O. The molecule has 1 saturated heterocycles. The molecule has 2 heterocycles. The summed E-state index contributed by atoms with van der Waals surface area (Å²) in [5.74, 6) is -2.26. The first-order chi connectivity index (χ1) is 21.4. The molecular formula is C33H38N2O9S. The Morgan fingerprint density at radius 1 is 0.889 bits per heavy atom. The summed E-state index contributed by atoms with van der Waals surface area (Å²) in [5, 5.41) is 46.7. The smallest absolute Gasteiger partial charge is 0.335 e. The van der Waals surface area contributed by atoms with E-state index in [-0.39, 0.29) is 12.5 Å². The molecule has 0 aliphatic carbocycles. The number of aliphatic hydroxyl groups excluding tert-OH is 3. The monoisotopic (exact) mass is 638 g/mol. The average molecular weight is 639 g/mol. The number of carbonyl (C=O) groups excluding carboxylic acids is 1. The highest BCUT2D eigenvalue weighted by Gasteiger charge is 2.29. The van der Waals surface area contributed by atoms with Gasteiger partial charge in [0.15, 0.2) is 12.2 Å². The molecular weight excluding hydrogens is 600 g/mol. The van der Waals surface area contributed by atoms with E-state index in [0.717, 1.165) is 36.0 Å². The summed E-state index contributed by atoms with van der Waals surface area (Å²) in [5.41, 5.74) is 1.42. The van der Waals surface area contributed by atoms with E-state index < -0.39 is 30.3 Å². The number of carbonyl (C=O) groups is 3. The fraction of sp³-hybridized carbons (Fsp3) is 0.364. The summed E-state index contributed by atoms with van der Waals surface area (Å²) in [6, 6.07) is 23.1. The van der Waals surface area contributed by atoms with Crippen LogP contribution in [0.3, 0.4) is 0 Å². The zero-order valence-electron chi connectivity index (χ0n) is 25.1. The van der Waals surface area contributed by atoms with Gasteiger partial charge in [0.25, 0.3) is 5.91 Å². The van der Waals surface area contributed by atoms with Gasteiger partial charge in [-0.15, -0.1) is 11.3 Å².